The summed E-state index contributed by atoms with van der Waals surface area (Å²) < 4.78 is 0. The van der Waals surface area contributed by atoms with E-state index >= 15 is 0 Å². The number of hydrogen-bond donors (Lipinski definition) is 0. The van der Waals surface area contributed by atoms with E-state index in [1.807, 2.05) is 0 Å². The molecule has 0 aromatic heterocycles. The number of aryl methyl sites for hydroxylation is 6. The van der Waals surface area contributed by atoms with Gasteiger partial charge in [-0.15, -0.1) is 0 Å². The summed E-state index contributed by atoms with van der Waals surface area (Å²) in [5.41, 5.74) is 12.3. The first-order chi connectivity index (χ1) is 11.9. The average molecular weight is 326 g/mol. The highest BCUT2D eigenvalue weighted by Gasteiger charge is 2.26. The van der Waals surface area contributed by atoms with E-state index in [-0.39, 0.29) is 6.71 Å². The molecule has 0 aliphatic heterocycles. The van der Waals surface area contributed by atoms with Gasteiger partial charge in [0.15, 0.2) is 0 Å². The summed E-state index contributed by atoms with van der Waals surface area (Å²) in [5, 5.41) is 0. The van der Waals surface area contributed by atoms with Crippen LogP contribution in [0.25, 0.3) is 0 Å². The van der Waals surface area contributed by atoms with E-state index < -0.39 is 0 Å². The summed E-state index contributed by atoms with van der Waals surface area (Å²) in [7, 11) is 0. The van der Waals surface area contributed by atoms with Gasteiger partial charge in [0.05, 0.1) is 0 Å². The van der Waals surface area contributed by atoms with E-state index in [0.29, 0.717) is 0 Å². The van der Waals surface area contributed by atoms with E-state index in [1.165, 1.54) is 49.8 Å². The molecule has 25 heavy (non-hydrogen) atoms. The normalized spacial score (nSPS) is 10.8. The SMILES string of the molecule is Cc1ccc(C)c(B(c2cc(C)ccc2C)c2cc(C)ccc2C)c1. The lowest BCUT2D eigenvalue weighted by atomic mass is 9.34. The first kappa shape index (κ1) is 17.5. The summed E-state index contributed by atoms with van der Waals surface area (Å²) in [4.78, 5) is 0. The second kappa shape index (κ2) is 6.92. The number of rotatable bonds is 3. The van der Waals surface area contributed by atoms with Crippen LogP contribution in [0.1, 0.15) is 33.4 Å². The van der Waals surface area contributed by atoms with Crippen molar-refractivity contribution in [3.63, 3.8) is 0 Å². The minimum atomic E-state index is 0.277. The van der Waals surface area contributed by atoms with Crippen LogP contribution in [0.2, 0.25) is 0 Å². The highest BCUT2D eigenvalue weighted by Crippen LogP contribution is 2.09. The van der Waals surface area contributed by atoms with Gasteiger partial charge in [0.2, 0.25) is 6.71 Å². The monoisotopic (exact) mass is 326 g/mol. The van der Waals surface area contributed by atoms with Gasteiger partial charge in [0.1, 0.15) is 0 Å². The van der Waals surface area contributed by atoms with Gasteiger partial charge < -0.3 is 0 Å². The quantitative estimate of drug-likeness (QED) is 0.637. The Kier molecular flexibility index (Phi) is 4.86. The van der Waals surface area contributed by atoms with Gasteiger partial charge in [0.25, 0.3) is 0 Å². The molecule has 0 saturated heterocycles. The van der Waals surface area contributed by atoms with E-state index in [4.69, 9.17) is 0 Å². The van der Waals surface area contributed by atoms with E-state index in [9.17, 15) is 0 Å². The lowest BCUT2D eigenvalue weighted by Crippen LogP contribution is -2.55. The maximum Gasteiger partial charge on any atom is 0.242 e. The van der Waals surface area contributed by atoms with Crippen molar-refractivity contribution in [3.05, 3.63) is 88.0 Å². The Labute approximate surface area is 153 Å². The summed E-state index contributed by atoms with van der Waals surface area (Å²) in [6, 6.07) is 20.5. The first-order valence-corrected chi connectivity index (χ1v) is 9.08. The Bertz CT molecular complexity index is 799. The fraction of sp³-hybridized carbons (Fsp3) is 0.250. The van der Waals surface area contributed by atoms with Crippen LogP contribution in [0.4, 0.5) is 0 Å². The molecule has 0 nitrogen and oxygen atoms in total. The van der Waals surface area contributed by atoms with Crippen LogP contribution in [-0.2, 0) is 0 Å². The fourth-order valence-electron chi connectivity index (χ4n) is 3.72. The van der Waals surface area contributed by atoms with Gasteiger partial charge >= 0.3 is 0 Å². The third-order valence-corrected chi connectivity index (χ3v) is 5.24. The highest BCUT2D eigenvalue weighted by molar-refractivity contribution is 6.96. The third-order valence-electron chi connectivity index (χ3n) is 5.24. The van der Waals surface area contributed by atoms with Crippen molar-refractivity contribution in [2.45, 2.75) is 41.5 Å². The zero-order valence-electron chi connectivity index (χ0n) is 16.3. The Balaban J connectivity index is 2.34. The molecule has 1 heteroatoms. The summed E-state index contributed by atoms with van der Waals surface area (Å²) in [5.74, 6) is 0. The van der Waals surface area contributed by atoms with Crippen molar-refractivity contribution in [1.82, 2.24) is 0 Å². The molecule has 0 fully saturated rings. The van der Waals surface area contributed by atoms with E-state index in [0.717, 1.165) is 0 Å². The van der Waals surface area contributed by atoms with Crippen LogP contribution in [0.5, 0.6) is 0 Å². The van der Waals surface area contributed by atoms with Gasteiger partial charge in [0, 0.05) is 0 Å². The van der Waals surface area contributed by atoms with Gasteiger partial charge in [-0.05, 0) is 41.5 Å². The molecule has 0 aliphatic carbocycles. The smallest absolute Gasteiger partial charge is 0.0655 e. The largest absolute Gasteiger partial charge is 0.242 e. The van der Waals surface area contributed by atoms with Crippen LogP contribution in [0, 0.1) is 41.5 Å². The van der Waals surface area contributed by atoms with E-state index in [2.05, 4.69) is 96.1 Å². The predicted octanol–water partition coefficient (Wildman–Crippen LogP) is 4.05. The predicted molar refractivity (Wildman–Crippen MR) is 112 cm³/mol. The van der Waals surface area contributed by atoms with Gasteiger partial charge in [-0.3, -0.25) is 0 Å². The molecule has 0 unspecified atom stereocenters. The maximum absolute atomic E-state index is 2.36. The van der Waals surface area contributed by atoms with Crippen LogP contribution in [0.3, 0.4) is 0 Å². The third kappa shape index (κ3) is 3.56. The second-order valence-corrected chi connectivity index (χ2v) is 7.51. The van der Waals surface area contributed by atoms with Crippen LogP contribution >= 0.6 is 0 Å². The Morgan fingerprint density at radius 3 is 1.00 bits per heavy atom. The van der Waals surface area contributed by atoms with Crippen LogP contribution in [-0.4, -0.2) is 6.71 Å². The van der Waals surface area contributed by atoms with Gasteiger partial charge in [-0.1, -0.05) is 104 Å². The molecule has 0 radical (unpaired) electrons. The summed E-state index contributed by atoms with van der Waals surface area (Å²) >= 11 is 0. The molecular formula is C24H27B. The van der Waals surface area contributed by atoms with Gasteiger partial charge in [-0.2, -0.15) is 0 Å². The standard InChI is InChI=1S/C24H27B/c1-16-7-10-19(4)22(13-16)25(23-14-17(2)8-11-20(23)5)24-15-18(3)9-12-21(24)6/h7-15H,1-6H3. The molecule has 0 saturated carbocycles. The van der Waals surface area contributed by atoms with Crippen LogP contribution < -0.4 is 16.4 Å². The molecular weight excluding hydrogens is 299 g/mol. The van der Waals surface area contributed by atoms with Crippen molar-refractivity contribution in [1.29, 1.82) is 0 Å². The van der Waals surface area contributed by atoms with Crippen molar-refractivity contribution < 1.29 is 0 Å². The molecule has 0 heterocycles. The minimum absolute atomic E-state index is 0.277. The molecule has 126 valence electrons. The summed E-state index contributed by atoms with van der Waals surface area (Å²) in [6.45, 7) is 13.5. The zero-order chi connectivity index (χ0) is 18.1. The molecule has 3 rings (SSSR count). The molecule has 0 atom stereocenters. The topological polar surface area (TPSA) is 0 Å². The minimum Gasteiger partial charge on any atom is -0.0655 e. The molecule has 0 N–H and O–H groups in total. The molecule has 0 spiro atoms. The molecule has 3 aromatic rings. The zero-order valence-corrected chi connectivity index (χ0v) is 16.3. The number of benzene rings is 3. The van der Waals surface area contributed by atoms with Crippen molar-refractivity contribution in [2.24, 2.45) is 0 Å². The Hall–Kier alpha value is -2.28. The lowest BCUT2D eigenvalue weighted by Gasteiger charge is -2.23. The maximum atomic E-state index is 2.36. The van der Waals surface area contributed by atoms with Crippen molar-refractivity contribution in [3.8, 4) is 0 Å². The highest BCUT2D eigenvalue weighted by atomic mass is 14.1. The van der Waals surface area contributed by atoms with Crippen molar-refractivity contribution >= 4 is 23.1 Å². The van der Waals surface area contributed by atoms with Crippen molar-refractivity contribution in [2.75, 3.05) is 0 Å². The molecule has 0 bridgehead atoms. The molecule has 0 aliphatic rings. The average Bonchev–Trinajstić information content (AvgIpc) is 2.57. The Morgan fingerprint density at radius 1 is 0.440 bits per heavy atom. The second-order valence-electron chi connectivity index (χ2n) is 7.51. The summed E-state index contributed by atoms with van der Waals surface area (Å²) in [6.07, 6.45) is 0. The lowest BCUT2D eigenvalue weighted by molar-refractivity contribution is 1.40. The fourth-order valence-corrected chi connectivity index (χ4v) is 3.72. The Morgan fingerprint density at radius 2 is 0.720 bits per heavy atom. The van der Waals surface area contributed by atoms with E-state index in [1.54, 1.807) is 0 Å². The molecule has 0 amide bonds. The van der Waals surface area contributed by atoms with Crippen LogP contribution in [0.15, 0.2) is 54.6 Å². The number of hydrogen-bond acceptors (Lipinski definition) is 0. The first-order valence-electron chi connectivity index (χ1n) is 9.08. The van der Waals surface area contributed by atoms with Gasteiger partial charge in [-0.25, -0.2) is 0 Å². The molecule has 3 aromatic carbocycles.